The predicted molar refractivity (Wildman–Crippen MR) is 64.8 cm³/mol. The van der Waals surface area contributed by atoms with Gasteiger partial charge in [-0.1, -0.05) is 28.1 Å². The van der Waals surface area contributed by atoms with E-state index >= 15 is 0 Å². The summed E-state index contributed by atoms with van der Waals surface area (Å²) in [5, 5.41) is 8.75. The van der Waals surface area contributed by atoms with Gasteiger partial charge in [0.25, 0.3) is 0 Å². The number of aryl methyl sites for hydroxylation is 1. The fourth-order valence-electron chi connectivity index (χ4n) is 1.23. The van der Waals surface area contributed by atoms with E-state index in [1.54, 1.807) is 0 Å². The molecule has 1 aromatic rings. The van der Waals surface area contributed by atoms with E-state index in [0.717, 1.165) is 10.0 Å². The van der Waals surface area contributed by atoms with Crippen LogP contribution in [-0.2, 0) is 0 Å². The van der Waals surface area contributed by atoms with Crippen molar-refractivity contribution in [1.29, 1.82) is 0 Å². The lowest BCUT2D eigenvalue weighted by molar-refractivity contribution is 0.276. The minimum Gasteiger partial charge on any atom is -0.396 e. The minimum absolute atomic E-state index is 0. The summed E-state index contributed by atoms with van der Waals surface area (Å²) < 4.78 is 1.02. The molecule has 0 radical (unpaired) electrons. The summed E-state index contributed by atoms with van der Waals surface area (Å²) in [5.74, 6) is 0. The molecule has 0 aliphatic carbocycles. The lowest BCUT2D eigenvalue weighted by atomic mass is 10.0. The maximum absolute atomic E-state index is 8.75. The van der Waals surface area contributed by atoms with Gasteiger partial charge in [-0.2, -0.15) is 0 Å². The van der Waals surface area contributed by atoms with Crippen LogP contribution in [-0.4, -0.2) is 11.7 Å². The molecule has 0 unspecified atom stereocenters. The average molecular weight is 281 g/mol. The molecular formula is C10H15BrClNO. The van der Waals surface area contributed by atoms with Crippen molar-refractivity contribution in [1.82, 2.24) is 0 Å². The van der Waals surface area contributed by atoms with E-state index in [-0.39, 0.29) is 25.1 Å². The summed E-state index contributed by atoms with van der Waals surface area (Å²) in [6, 6.07) is 5.98. The molecule has 1 atom stereocenters. The van der Waals surface area contributed by atoms with Crippen LogP contribution in [0.4, 0.5) is 0 Å². The molecule has 0 spiro atoms. The second-order valence-corrected chi connectivity index (χ2v) is 4.00. The zero-order valence-electron chi connectivity index (χ0n) is 8.03. The van der Waals surface area contributed by atoms with E-state index in [1.165, 1.54) is 5.56 Å². The van der Waals surface area contributed by atoms with Gasteiger partial charge >= 0.3 is 0 Å². The minimum atomic E-state index is -0.0834. The van der Waals surface area contributed by atoms with Crippen LogP contribution in [0.3, 0.4) is 0 Å². The molecule has 0 bridgehead atoms. The summed E-state index contributed by atoms with van der Waals surface area (Å²) in [5.41, 5.74) is 8.12. The van der Waals surface area contributed by atoms with Gasteiger partial charge in [-0.3, -0.25) is 0 Å². The lowest BCUT2D eigenvalue weighted by Gasteiger charge is -2.12. The van der Waals surface area contributed by atoms with Gasteiger partial charge in [-0.25, -0.2) is 0 Å². The van der Waals surface area contributed by atoms with Gasteiger partial charge in [0.15, 0.2) is 0 Å². The average Bonchev–Trinajstić information content (AvgIpc) is 2.04. The van der Waals surface area contributed by atoms with E-state index in [2.05, 4.69) is 15.9 Å². The van der Waals surface area contributed by atoms with Crippen molar-refractivity contribution in [3.05, 3.63) is 33.8 Å². The normalized spacial score (nSPS) is 12.0. The Labute approximate surface area is 99.0 Å². The second kappa shape index (κ2) is 6.40. The van der Waals surface area contributed by atoms with Crippen molar-refractivity contribution in [3.63, 3.8) is 0 Å². The van der Waals surface area contributed by atoms with Gasteiger partial charge in [-0.15, -0.1) is 12.4 Å². The molecule has 0 saturated heterocycles. The first-order chi connectivity index (χ1) is 6.15. The van der Waals surface area contributed by atoms with Crippen molar-refractivity contribution in [2.24, 2.45) is 5.73 Å². The molecule has 2 nitrogen and oxygen atoms in total. The van der Waals surface area contributed by atoms with Crippen LogP contribution in [0.25, 0.3) is 0 Å². The van der Waals surface area contributed by atoms with E-state index in [0.29, 0.717) is 6.42 Å². The van der Waals surface area contributed by atoms with Crippen LogP contribution < -0.4 is 5.73 Å². The third kappa shape index (κ3) is 3.58. The molecule has 1 aromatic carbocycles. The standard InChI is InChI=1S/C10H14BrNO.ClH/c1-7-2-3-8(9(11)6-7)10(12)4-5-13;/h2-3,6,10,13H,4-5,12H2,1H3;1H/t10-;/m0./s1. The van der Waals surface area contributed by atoms with Crippen molar-refractivity contribution in [3.8, 4) is 0 Å². The quantitative estimate of drug-likeness (QED) is 0.894. The summed E-state index contributed by atoms with van der Waals surface area (Å²) in [7, 11) is 0. The topological polar surface area (TPSA) is 46.2 Å². The summed E-state index contributed by atoms with van der Waals surface area (Å²) >= 11 is 3.46. The van der Waals surface area contributed by atoms with E-state index in [1.807, 2.05) is 25.1 Å². The van der Waals surface area contributed by atoms with Crippen molar-refractivity contribution in [2.45, 2.75) is 19.4 Å². The SMILES string of the molecule is Cc1ccc([C@@H](N)CCO)c(Br)c1.Cl. The molecule has 1 rings (SSSR count). The first-order valence-corrected chi connectivity index (χ1v) is 5.07. The second-order valence-electron chi connectivity index (χ2n) is 3.14. The maximum Gasteiger partial charge on any atom is 0.0449 e. The molecule has 0 saturated carbocycles. The Morgan fingerprint density at radius 2 is 2.14 bits per heavy atom. The van der Waals surface area contributed by atoms with Gasteiger partial charge in [0.1, 0.15) is 0 Å². The molecule has 0 heterocycles. The van der Waals surface area contributed by atoms with Crippen LogP contribution in [0.1, 0.15) is 23.6 Å². The Morgan fingerprint density at radius 3 is 2.64 bits per heavy atom. The fraction of sp³-hybridized carbons (Fsp3) is 0.400. The Morgan fingerprint density at radius 1 is 1.50 bits per heavy atom. The van der Waals surface area contributed by atoms with Gasteiger partial charge in [-0.05, 0) is 30.5 Å². The smallest absolute Gasteiger partial charge is 0.0449 e. The highest BCUT2D eigenvalue weighted by atomic mass is 79.9. The number of aliphatic hydroxyl groups is 1. The highest BCUT2D eigenvalue weighted by molar-refractivity contribution is 9.10. The zero-order chi connectivity index (χ0) is 9.84. The number of rotatable bonds is 3. The van der Waals surface area contributed by atoms with E-state index in [9.17, 15) is 0 Å². The zero-order valence-corrected chi connectivity index (χ0v) is 10.4. The molecule has 0 amide bonds. The molecule has 14 heavy (non-hydrogen) atoms. The number of hydrogen-bond acceptors (Lipinski definition) is 2. The van der Waals surface area contributed by atoms with E-state index in [4.69, 9.17) is 10.8 Å². The van der Waals surface area contributed by atoms with Crippen LogP contribution in [0.15, 0.2) is 22.7 Å². The number of hydrogen-bond donors (Lipinski definition) is 2. The summed E-state index contributed by atoms with van der Waals surface area (Å²) in [6.07, 6.45) is 0.599. The van der Waals surface area contributed by atoms with Crippen molar-refractivity contribution in [2.75, 3.05) is 6.61 Å². The Bertz CT molecular complexity index is 293. The lowest BCUT2D eigenvalue weighted by Crippen LogP contribution is -2.12. The van der Waals surface area contributed by atoms with Crippen LogP contribution in [0, 0.1) is 6.92 Å². The van der Waals surface area contributed by atoms with Crippen molar-refractivity contribution >= 4 is 28.3 Å². The number of benzene rings is 1. The molecule has 80 valence electrons. The highest BCUT2D eigenvalue weighted by Gasteiger charge is 2.08. The number of halogens is 2. The molecule has 0 aromatic heterocycles. The summed E-state index contributed by atoms with van der Waals surface area (Å²) in [6.45, 7) is 2.16. The Hall–Kier alpha value is -0.0900. The van der Waals surface area contributed by atoms with Crippen LogP contribution in [0.5, 0.6) is 0 Å². The molecule has 0 aliphatic rings. The molecule has 3 N–H and O–H groups in total. The van der Waals surface area contributed by atoms with Crippen LogP contribution in [0.2, 0.25) is 0 Å². The van der Waals surface area contributed by atoms with Crippen molar-refractivity contribution < 1.29 is 5.11 Å². The molecule has 0 aliphatic heterocycles. The molecule has 0 fully saturated rings. The van der Waals surface area contributed by atoms with Gasteiger partial charge in [0, 0.05) is 17.1 Å². The maximum atomic E-state index is 8.75. The Balaban J connectivity index is 0.00000169. The first kappa shape index (κ1) is 13.9. The summed E-state index contributed by atoms with van der Waals surface area (Å²) in [4.78, 5) is 0. The third-order valence-electron chi connectivity index (χ3n) is 2.00. The van der Waals surface area contributed by atoms with E-state index < -0.39 is 0 Å². The van der Waals surface area contributed by atoms with Crippen LogP contribution >= 0.6 is 28.3 Å². The van der Waals surface area contributed by atoms with Gasteiger partial charge in [0.05, 0.1) is 0 Å². The monoisotopic (exact) mass is 279 g/mol. The predicted octanol–water partition coefficient (Wildman–Crippen LogP) is 2.56. The number of nitrogens with two attached hydrogens (primary N) is 1. The Kier molecular flexibility index (Phi) is 6.36. The largest absolute Gasteiger partial charge is 0.396 e. The van der Waals surface area contributed by atoms with Gasteiger partial charge in [0.2, 0.25) is 0 Å². The third-order valence-corrected chi connectivity index (χ3v) is 2.68. The fourth-order valence-corrected chi connectivity index (χ4v) is 2.01. The molecular weight excluding hydrogens is 265 g/mol. The first-order valence-electron chi connectivity index (χ1n) is 4.27. The van der Waals surface area contributed by atoms with Gasteiger partial charge < -0.3 is 10.8 Å². The molecule has 4 heteroatoms. The number of aliphatic hydroxyl groups excluding tert-OH is 1. The highest BCUT2D eigenvalue weighted by Crippen LogP contribution is 2.24.